The van der Waals surface area contributed by atoms with Crippen molar-refractivity contribution in [2.24, 2.45) is 10.9 Å². The molecule has 6 nitrogen and oxygen atoms in total. The van der Waals surface area contributed by atoms with Gasteiger partial charge in [-0.1, -0.05) is 16.8 Å². The van der Waals surface area contributed by atoms with E-state index in [4.69, 9.17) is 27.3 Å². The molecule has 1 aromatic rings. The Morgan fingerprint density at radius 2 is 2.11 bits per heavy atom. The summed E-state index contributed by atoms with van der Waals surface area (Å²) in [7, 11) is 1.62. The van der Waals surface area contributed by atoms with Crippen molar-refractivity contribution in [3.63, 3.8) is 0 Å². The van der Waals surface area contributed by atoms with Gasteiger partial charge >= 0.3 is 0 Å². The summed E-state index contributed by atoms with van der Waals surface area (Å²) >= 11 is 5.74. The van der Waals surface area contributed by atoms with Crippen LogP contribution in [0, 0.1) is 0 Å². The molecule has 1 aromatic carbocycles. The van der Waals surface area contributed by atoms with Gasteiger partial charge in [0.1, 0.15) is 11.6 Å². The SMILES string of the molecule is CN(CC/C(N)=N/O)C(=O)COc1ccc(Cl)cc1. The number of rotatable bonds is 6. The molecule has 0 bridgehead atoms. The molecule has 0 fully saturated rings. The predicted molar refractivity (Wildman–Crippen MR) is 72.6 cm³/mol. The van der Waals surface area contributed by atoms with Crippen LogP contribution in [0.25, 0.3) is 0 Å². The fraction of sp³-hybridized carbons (Fsp3) is 0.333. The van der Waals surface area contributed by atoms with Gasteiger partial charge in [0.05, 0.1) is 0 Å². The lowest BCUT2D eigenvalue weighted by atomic mass is 10.3. The number of amidine groups is 1. The van der Waals surface area contributed by atoms with Crippen LogP contribution in [0.15, 0.2) is 29.4 Å². The minimum absolute atomic E-state index is 0.0751. The topological polar surface area (TPSA) is 88.1 Å². The maximum absolute atomic E-state index is 11.7. The van der Waals surface area contributed by atoms with Crippen molar-refractivity contribution in [1.82, 2.24) is 4.90 Å². The van der Waals surface area contributed by atoms with Crippen molar-refractivity contribution in [1.29, 1.82) is 0 Å². The highest BCUT2D eigenvalue weighted by Gasteiger charge is 2.10. The lowest BCUT2D eigenvalue weighted by molar-refractivity contribution is -0.131. The van der Waals surface area contributed by atoms with Crippen LogP contribution in [0.5, 0.6) is 5.75 Å². The molecule has 1 amide bonds. The quantitative estimate of drug-likeness (QED) is 0.357. The predicted octanol–water partition coefficient (Wildman–Crippen LogP) is 1.31. The Kier molecular flexibility index (Phi) is 5.95. The molecule has 7 heteroatoms. The van der Waals surface area contributed by atoms with E-state index in [1.807, 2.05) is 0 Å². The molecular formula is C12H16ClN3O3. The molecule has 0 aliphatic heterocycles. The van der Waals surface area contributed by atoms with Crippen LogP contribution in [-0.4, -0.2) is 42.0 Å². The lowest BCUT2D eigenvalue weighted by Crippen LogP contribution is -2.34. The van der Waals surface area contributed by atoms with Crippen LogP contribution in [0.1, 0.15) is 6.42 Å². The van der Waals surface area contributed by atoms with Gasteiger partial charge in [0.2, 0.25) is 0 Å². The third kappa shape index (κ3) is 5.48. The molecule has 0 spiro atoms. The second-order valence-corrected chi connectivity index (χ2v) is 4.34. The molecule has 0 radical (unpaired) electrons. The Morgan fingerprint density at radius 1 is 1.47 bits per heavy atom. The number of ether oxygens (including phenoxy) is 1. The van der Waals surface area contributed by atoms with Crippen LogP contribution in [0.3, 0.4) is 0 Å². The van der Waals surface area contributed by atoms with Crippen LogP contribution in [0.4, 0.5) is 0 Å². The molecular weight excluding hydrogens is 270 g/mol. The molecule has 104 valence electrons. The third-order valence-electron chi connectivity index (χ3n) is 2.43. The number of likely N-dealkylation sites (N-methyl/N-ethyl adjacent to an activating group) is 1. The highest BCUT2D eigenvalue weighted by atomic mass is 35.5. The summed E-state index contributed by atoms with van der Waals surface area (Å²) in [6, 6.07) is 6.74. The summed E-state index contributed by atoms with van der Waals surface area (Å²) in [6.45, 7) is 0.285. The number of amides is 1. The molecule has 0 aliphatic carbocycles. The third-order valence-corrected chi connectivity index (χ3v) is 2.69. The second-order valence-electron chi connectivity index (χ2n) is 3.90. The zero-order chi connectivity index (χ0) is 14.3. The Bertz CT molecular complexity index is 448. The molecule has 3 N–H and O–H groups in total. The van der Waals surface area contributed by atoms with E-state index < -0.39 is 0 Å². The molecule has 19 heavy (non-hydrogen) atoms. The van der Waals surface area contributed by atoms with Gasteiger partial charge in [-0.25, -0.2) is 0 Å². The first kappa shape index (κ1) is 15.1. The van der Waals surface area contributed by atoms with Crippen molar-refractivity contribution in [2.75, 3.05) is 20.2 Å². The van der Waals surface area contributed by atoms with E-state index in [2.05, 4.69) is 5.16 Å². The van der Waals surface area contributed by atoms with E-state index in [9.17, 15) is 4.79 Å². The van der Waals surface area contributed by atoms with Gasteiger partial charge in [-0.05, 0) is 24.3 Å². The minimum atomic E-state index is -0.194. The second kappa shape index (κ2) is 7.48. The summed E-state index contributed by atoms with van der Waals surface area (Å²) in [5.74, 6) is 0.460. The number of carbonyl (C=O) groups is 1. The minimum Gasteiger partial charge on any atom is -0.484 e. The number of benzene rings is 1. The normalized spacial score (nSPS) is 11.2. The monoisotopic (exact) mass is 285 g/mol. The standard InChI is InChI=1S/C12H16ClN3O3/c1-16(7-6-11(14)15-18)12(17)8-19-10-4-2-9(13)3-5-10/h2-5,18H,6-8H2,1H3,(H2,14,15). The van der Waals surface area contributed by atoms with E-state index in [1.54, 1.807) is 31.3 Å². The van der Waals surface area contributed by atoms with Gasteiger partial charge in [0.15, 0.2) is 6.61 Å². The Labute approximate surface area is 116 Å². The van der Waals surface area contributed by atoms with E-state index in [0.717, 1.165) is 0 Å². The van der Waals surface area contributed by atoms with E-state index >= 15 is 0 Å². The Morgan fingerprint density at radius 3 is 2.68 bits per heavy atom. The van der Waals surface area contributed by atoms with Crippen molar-refractivity contribution in [2.45, 2.75) is 6.42 Å². The van der Waals surface area contributed by atoms with Crippen LogP contribution >= 0.6 is 11.6 Å². The maximum atomic E-state index is 11.7. The van der Waals surface area contributed by atoms with Gasteiger partial charge < -0.3 is 20.6 Å². The van der Waals surface area contributed by atoms with E-state index in [1.165, 1.54) is 4.90 Å². The fourth-order valence-electron chi connectivity index (χ4n) is 1.24. The summed E-state index contributed by atoms with van der Waals surface area (Å²) in [6.07, 6.45) is 0.305. The van der Waals surface area contributed by atoms with Crippen LogP contribution in [0.2, 0.25) is 5.02 Å². The molecule has 1 rings (SSSR count). The number of nitrogens with zero attached hydrogens (tertiary/aromatic N) is 2. The molecule has 0 aromatic heterocycles. The average Bonchev–Trinajstić information content (AvgIpc) is 2.43. The fourth-order valence-corrected chi connectivity index (χ4v) is 1.37. The molecule has 0 heterocycles. The first-order valence-corrected chi connectivity index (χ1v) is 5.99. The molecule has 0 saturated carbocycles. The van der Waals surface area contributed by atoms with Gasteiger partial charge in [-0.3, -0.25) is 4.79 Å². The number of nitrogens with two attached hydrogens (primary N) is 1. The highest BCUT2D eigenvalue weighted by molar-refractivity contribution is 6.30. The van der Waals surface area contributed by atoms with Gasteiger partial charge in [-0.15, -0.1) is 0 Å². The number of hydrogen-bond acceptors (Lipinski definition) is 4. The average molecular weight is 286 g/mol. The summed E-state index contributed by atoms with van der Waals surface area (Å²) < 4.78 is 5.32. The molecule has 0 unspecified atom stereocenters. The number of halogens is 1. The number of oxime groups is 1. The summed E-state index contributed by atoms with van der Waals surface area (Å²) in [4.78, 5) is 13.2. The highest BCUT2D eigenvalue weighted by Crippen LogP contribution is 2.15. The van der Waals surface area contributed by atoms with Gasteiger partial charge in [0.25, 0.3) is 5.91 Å². The van der Waals surface area contributed by atoms with Crippen molar-refractivity contribution >= 4 is 23.3 Å². The van der Waals surface area contributed by atoms with Crippen LogP contribution < -0.4 is 10.5 Å². The van der Waals surface area contributed by atoms with Crippen molar-refractivity contribution < 1.29 is 14.7 Å². The number of hydrogen-bond donors (Lipinski definition) is 2. The first-order valence-electron chi connectivity index (χ1n) is 5.61. The Hall–Kier alpha value is -1.95. The zero-order valence-corrected chi connectivity index (χ0v) is 11.3. The summed E-state index contributed by atoms with van der Waals surface area (Å²) in [5.41, 5.74) is 5.32. The molecule has 0 saturated heterocycles. The van der Waals surface area contributed by atoms with Gasteiger partial charge in [0, 0.05) is 25.0 Å². The Balaban J connectivity index is 2.36. The van der Waals surface area contributed by atoms with Gasteiger partial charge in [-0.2, -0.15) is 0 Å². The number of carbonyl (C=O) groups excluding carboxylic acids is 1. The zero-order valence-electron chi connectivity index (χ0n) is 10.5. The first-order chi connectivity index (χ1) is 9.02. The molecule has 0 aliphatic rings. The molecule has 0 atom stereocenters. The van der Waals surface area contributed by atoms with Crippen molar-refractivity contribution in [3.8, 4) is 5.75 Å². The maximum Gasteiger partial charge on any atom is 0.260 e. The van der Waals surface area contributed by atoms with E-state index in [0.29, 0.717) is 23.7 Å². The largest absolute Gasteiger partial charge is 0.484 e. The lowest BCUT2D eigenvalue weighted by Gasteiger charge is -2.16. The van der Waals surface area contributed by atoms with Crippen molar-refractivity contribution in [3.05, 3.63) is 29.3 Å². The summed E-state index contributed by atoms with van der Waals surface area (Å²) in [5, 5.41) is 11.8. The smallest absolute Gasteiger partial charge is 0.260 e. The van der Waals surface area contributed by atoms with Crippen LogP contribution in [-0.2, 0) is 4.79 Å². The van der Waals surface area contributed by atoms with E-state index in [-0.39, 0.29) is 18.3 Å².